The fourth-order valence-electron chi connectivity index (χ4n) is 4.60. The molecule has 1 saturated carbocycles. The molecule has 1 aliphatic heterocycles. The van der Waals surface area contributed by atoms with Crippen LogP contribution in [-0.4, -0.2) is 44.6 Å². The number of aromatic nitrogens is 3. The summed E-state index contributed by atoms with van der Waals surface area (Å²) >= 11 is 1.90. The number of aliphatic hydroxyl groups is 1. The first-order chi connectivity index (χ1) is 16.6. The summed E-state index contributed by atoms with van der Waals surface area (Å²) in [6, 6.07) is 1.66. The number of aliphatic hydroxyl groups excluding tert-OH is 1. The van der Waals surface area contributed by atoms with Gasteiger partial charge >= 0.3 is 6.18 Å². The van der Waals surface area contributed by atoms with E-state index in [2.05, 4.69) is 20.3 Å². The number of fused-ring (bicyclic) bond motifs is 1. The van der Waals surface area contributed by atoms with Crippen molar-refractivity contribution in [3.63, 3.8) is 0 Å². The van der Waals surface area contributed by atoms with Gasteiger partial charge in [0.05, 0.1) is 28.8 Å². The zero-order valence-corrected chi connectivity index (χ0v) is 20.6. The highest BCUT2D eigenvalue weighted by Crippen LogP contribution is 2.43. The van der Waals surface area contributed by atoms with Gasteiger partial charge in [-0.25, -0.2) is 15.0 Å². The zero-order chi connectivity index (χ0) is 24.9. The number of rotatable bonds is 5. The Morgan fingerprint density at radius 2 is 2.09 bits per heavy atom. The molecule has 0 saturated heterocycles. The van der Waals surface area contributed by atoms with Crippen LogP contribution in [0.2, 0.25) is 0 Å². The standard InChI is InChI=1S/C23H23F3N4O3S2/c1-10-5-12(6-15(10)31)29-21-14(8-27-9-28-21)19(32)17-7-13(11(2)34-17)20-18-16(3-4-33-20)35-22(30-18)23(24,25)26/h7-10,12,15,20,31H,3-6H2,1-2H3,(H,27,28,29)/t10-,12-,15+,20+/m1/s1. The van der Waals surface area contributed by atoms with Crippen molar-refractivity contribution in [2.24, 2.45) is 5.92 Å². The normalized spacial score (nSPS) is 24.4. The summed E-state index contributed by atoms with van der Waals surface area (Å²) in [7, 11) is 0. The molecule has 3 aromatic rings. The number of carbonyl (C=O) groups excluding carboxylic acids is 1. The number of halogens is 3. The van der Waals surface area contributed by atoms with Gasteiger partial charge in [-0.3, -0.25) is 4.79 Å². The molecule has 0 spiro atoms. The fourth-order valence-corrected chi connectivity index (χ4v) is 6.54. The monoisotopic (exact) mass is 524 g/mol. The largest absolute Gasteiger partial charge is 0.443 e. The van der Waals surface area contributed by atoms with Crippen LogP contribution in [-0.2, 0) is 17.3 Å². The molecule has 1 fully saturated rings. The van der Waals surface area contributed by atoms with Crippen molar-refractivity contribution < 1.29 is 27.8 Å². The van der Waals surface area contributed by atoms with Gasteiger partial charge in [-0.2, -0.15) is 13.2 Å². The van der Waals surface area contributed by atoms with E-state index in [-0.39, 0.29) is 30.0 Å². The number of anilines is 1. The highest BCUT2D eigenvalue weighted by Gasteiger charge is 2.39. The SMILES string of the molecule is Cc1sc(C(=O)c2cncnc2N[C@@H]2C[C@@H](C)[C@@H](O)C2)cc1[C@@H]1OCCc2sc(C(F)(F)F)nc21. The van der Waals surface area contributed by atoms with Crippen molar-refractivity contribution >= 4 is 34.3 Å². The first-order valence-electron chi connectivity index (χ1n) is 11.2. The predicted octanol–water partition coefficient (Wildman–Crippen LogP) is 4.79. The van der Waals surface area contributed by atoms with E-state index in [1.54, 1.807) is 6.07 Å². The van der Waals surface area contributed by atoms with Crippen molar-refractivity contribution in [2.45, 2.75) is 57.5 Å². The number of carbonyl (C=O) groups is 1. The Bertz CT molecular complexity index is 1250. The van der Waals surface area contributed by atoms with Crippen LogP contribution in [0.5, 0.6) is 0 Å². The second-order valence-corrected chi connectivity index (χ2v) is 11.3. The number of thiophene rings is 1. The van der Waals surface area contributed by atoms with Crippen LogP contribution in [0.3, 0.4) is 0 Å². The minimum absolute atomic E-state index is 0.0105. The third-order valence-corrected chi connectivity index (χ3v) is 8.67. The fraction of sp³-hybridized carbons (Fsp3) is 0.478. The molecular formula is C23H23F3N4O3S2. The lowest BCUT2D eigenvalue weighted by molar-refractivity contribution is -0.137. The molecule has 4 heterocycles. The smallest absolute Gasteiger partial charge is 0.393 e. The van der Waals surface area contributed by atoms with E-state index < -0.39 is 23.4 Å². The van der Waals surface area contributed by atoms with Crippen molar-refractivity contribution in [3.8, 4) is 0 Å². The van der Waals surface area contributed by atoms with E-state index >= 15 is 0 Å². The molecule has 0 amide bonds. The van der Waals surface area contributed by atoms with E-state index in [9.17, 15) is 23.1 Å². The number of ether oxygens (including phenoxy) is 1. The van der Waals surface area contributed by atoms with Crippen molar-refractivity contribution in [2.75, 3.05) is 11.9 Å². The molecule has 1 aliphatic carbocycles. The number of hydrogen-bond donors (Lipinski definition) is 2. The Balaban J connectivity index is 1.43. The van der Waals surface area contributed by atoms with Crippen molar-refractivity contribution in [3.05, 3.63) is 55.1 Å². The van der Waals surface area contributed by atoms with E-state index in [4.69, 9.17) is 4.74 Å². The van der Waals surface area contributed by atoms with Gasteiger partial charge in [0.1, 0.15) is 18.2 Å². The van der Waals surface area contributed by atoms with Crippen LogP contribution >= 0.6 is 22.7 Å². The molecule has 0 radical (unpaired) electrons. The molecule has 2 aliphatic rings. The summed E-state index contributed by atoms with van der Waals surface area (Å²) in [5, 5.41) is 12.4. The lowest BCUT2D eigenvalue weighted by Crippen LogP contribution is -2.20. The first-order valence-corrected chi connectivity index (χ1v) is 12.8. The van der Waals surface area contributed by atoms with Crippen molar-refractivity contribution in [1.82, 2.24) is 15.0 Å². The lowest BCUT2D eigenvalue weighted by atomic mass is 10.0. The maximum atomic E-state index is 13.4. The molecule has 2 N–H and O–H groups in total. The van der Waals surface area contributed by atoms with E-state index in [1.807, 2.05) is 13.8 Å². The molecule has 5 rings (SSSR count). The molecule has 35 heavy (non-hydrogen) atoms. The number of alkyl halides is 3. The Labute approximate surface area is 207 Å². The van der Waals surface area contributed by atoms with E-state index in [0.717, 1.165) is 11.3 Å². The summed E-state index contributed by atoms with van der Waals surface area (Å²) in [4.78, 5) is 27.3. The van der Waals surface area contributed by atoms with Crippen molar-refractivity contribution in [1.29, 1.82) is 0 Å². The van der Waals surface area contributed by atoms with E-state index in [1.165, 1.54) is 23.9 Å². The number of aryl methyl sites for hydroxylation is 1. The van der Waals surface area contributed by atoms with Crippen LogP contribution in [0, 0.1) is 12.8 Å². The minimum atomic E-state index is -4.51. The summed E-state index contributed by atoms with van der Waals surface area (Å²) in [5.41, 5.74) is 1.21. The lowest BCUT2D eigenvalue weighted by Gasteiger charge is -2.22. The van der Waals surface area contributed by atoms with Crippen LogP contribution < -0.4 is 5.32 Å². The highest BCUT2D eigenvalue weighted by atomic mass is 32.1. The van der Waals surface area contributed by atoms with Gasteiger partial charge in [-0.05, 0) is 31.7 Å². The first kappa shape index (κ1) is 24.3. The van der Waals surface area contributed by atoms with Crippen LogP contribution in [0.4, 0.5) is 19.0 Å². The molecule has 0 aromatic carbocycles. The molecule has 4 atom stereocenters. The maximum Gasteiger partial charge on any atom is 0.443 e. The number of ketones is 1. The van der Waals surface area contributed by atoms with Gasteiger partial charge in [-0.1, -0.05) is 6.92 Å². The van der Waals surface area contributed by atoms with Gasteiger partial charge in [0, 0.05) is 34.0 Å². The van der Waals surface area contributed by atoms with Crippen LogP contribution in [0.1, 0.15) is 67.1 Å². The Morgan fingerprint density at radius 3 is 2.80 bits per heavy atom. The number of nitrogens with one attached hydrogen (secondary N) is 1. The quantitative estimate of drug-likeness (QED) is 0.464. The summed E-state index contributed by atoms with van der Waals surface area (Å²) in [5.74, 6) is 0.263. The summed E-state index contributed by atoms with van der Waals surface area (Å²) in [6.45, 7) is 4.07. The van der Waals surface area contributed by atoms with Crippen LogP contribution in [0.25, 0.3) is 0 Å². The molecule has 7 nitrogen and oxygen atoms in total. The summed E-state index contributed by atoms with van der Waals surface area (Å²) < 4.78 is 45.6. The second-order valence-electron chi connectivity index (χ2n) is 8.92. The molecule has 12 heteroatoms. The van der Waals surface area contributed by atoms with Crippen LogP contribution in [0.15, 0.2) is 18.6 Å². The predicted molar refractivity (Wildman–Crippen MR) is 125 cm³/mol. The molecule has 0 bridgehead atoms. The van der Waals surface area contributed by atoms with E-state index in [0.29, 0.717) is 50.9 Å². The van der Waals surface area contributed by atoms with Gasteiger partial charge in [0.25, 0.3) is 0 Å². The number of hydrogen-bond acceptors (Lipinski definition) is 9. The van der Waals surface area contributed by atoms with Gasteiger partial charge in [0.15, 0.2) is 5.01 Å². The molecule has 186 valence electrons. The number of thiazole rings is 1. The molecule has 0 unspecified atom stereocenters. The second kappa shape index (κ2) is 9.23. The molecule has 3 aromatic heterocycles. The Hall–Kier alpha value is -2.41. The summed E-state index contributed by atoms with van der Waals surface area (Å²) in [6.07, 6.45) is -1.16. The van der Waals surface area contributed by atoms with Gasteiger partial charge in [-0.15, -0.1) is 22.7 Å². The molecular weight excluding hydrogens is 501 g/mol. The third kappa shape index (κ3) is 4.72. The van der Waals surface area contributed by atoms with Gasteiger partial charge < -0.3 is 15.2 Å². The van der Waals surface area contributed by atoms with Gasteiger partial charge in [0.2, 0.25) is 5.78 Å². The zero-order valence-electron chi connectivity index (χ0n) is 18.9. The topological polar surface area (TPSA) is 97.2 Å². The third-order valence-electron chi connectivity index (χ3n) is 6.43. The minimum Gasteiger partial charge on any atom is -0.393 e. The maximum absolute atomic E-state index is 13.4. The highest BCUT2D eigenvalue weighted by molar-refractivity contribution is 7.14. The average Bonchev–Trinajstić information content (AvgIpc) is 3.50. The average molecular weight is 525 g/mol. The Kier molecular flexibility index (Phi) is 6.41. The number of nitrogens with zero attached hydrogens (tertiary/aromatic N) is 3. The Morgan fingerprint density at radius 1 is 1.29 bits per heavy atom.